The average molecular weight is 430 g/mol. The molecule has 0 aliphatic carbocycles. The number of para-hydroxylation sites is 1. The van der Waals surface area contributed by atoms with Gasteiger partial charge in [-0.05, 0) is 59.7 Å². The Labute approximate surface area is 177 Å². The summed E-state index contributed by atoms with van der Waals surface area (Å²) in [6, 6.07) is 12.0. The second-order valence-electron chi connectivity index (χ2n) is 6.76. The number of nitrogens with zero attached hydrogens (tertiary/aromatic N) is 3. The highest BCUT2D eigenvalue weighted by Crippen LogP contribution is 2.40. The number of hydrogen-bond acceptors (Lipinski definition) is 8. The normalized spacial score (nSPS) is 17.5. The van der Waals surface area contributed by atoms with Crippen molar-refractivity contribution < 1.29 is 19.0 Å². The number of rotatable bonds is 8. The zero-order chi connectivity index (χ0) is 21.0. The van der Waals surface area contributed by atoms with Gasteiger partial charge in [0.15, 0.2) is 17.3 Å². The van der Waals surface area contributed by atoms with Gasteiger partial charge in [-0.2, -0.15) is 0 Å². The van der Waals surface area contributed by atoms with Crippen LogP contribution >= 0.6 is 11.6 Å². The van der Waals surface area contributed by atoms with Crippen LogP contribution in [0.5, 0.6) is 17.2 Å². The number of H-pyrrole nitrogens is 1. The lowest BCUT2D eigenvalue weighted by Gasteiger charge is -2.33. The van der Waals surface area contributed by atoms with Crippen LogP contribution < -0.4 is 19.9 Å². The maximum Gasteiger partial charge on any atom is 0.254 e. The molecule has 0 saturated carbocycles. The Kier molecular flexibility index (Phi) is 5.82. The van der Waals surface area contributed by atoms with Gasteiger partial charge < -0.3 is 14.2 Å². The highest BCUT2D eigenvalue weighted by molar-refractivity contribution is 6.17. The molecule has 156 valence electrons. The average Bonchev–Trinajstić information content (AvgIpc) is 3.32. The molecule has 1 unspecified atom stereocenters. The Bertz CT molecular complexity index is 1010. The lowest BCUT2D eigenvalue weighted by atomic mass is 10.0. The standard InChI is InChI=1S/C20H20ClN5O4/c21-10-1-2-11-28-14-8-6-13(7-9-14)17(27)15-4-3-5-16-18(15)30-20(22,12-29-16)19-23-25-26-24-19/h3-9H,1-2,10-12,22H2,(H,23,24,25,26). The van der Waals surface area contributed by atoms with Crippen molar-refractivity contribution in [1.82, 2.24) is 20.6 Å². The van der Waals surface area contributed by atoms with Gasteiger partial charge in [0.1, 0.15) is 12.4 Å². The van der Waals surface area contributed by atoms with Crippen molar-refractivity contribution in [1.29, 1.82) is 0 Å². The monoisotopic (exact) mass is 429 g/mol. The molecule has 3 aromatic rings. The van der Waals surface area contributed by atoms with Gasteiger partial charge in [0.05, 0.1) is 12.2 Å². The zero-order valence-electron chi connectivity index (χ0n) is 16.0. The van der Waals surface area contributed by atoms with Crippen molar-refractivity contribution in [3.05, 3.63) is 59.4 Å². The summed E-state index contributed by atoms with van der Waals surface area (Å²) in [7, 11) is 0. The molecule has 4 rings (SSSR count). The SMILES string of the molecule is NC1(c2nnn[nH]2)COc2cccc(C(=O)c3ccc(OCCCCCl)cc3)c2O1. The van der Waals surface area contributed by atoms with Crippen molar-refractivity contribution in [2.45, 2.75) is 18.6 Å². The molecule has 30 heavy (non-hydrogen) atoms. The lowest BCUT2D eigenvalue weighted by molar-refractivity contribution is -0.0154. The molecule has 1 aliphatic heterocycles. The first-order valence-electron chi connectivity index (χ1n) is 9.42. The smallest absolute Gasteiger partial charge is 0.254 e. The summed E-state index contributed by atoms with van der Waals surface area (Å²) >= 11 is 5.66. The van der Waals surface area contributed by atoms with E-state index >= 15 is 0 Å². The third kappa shape index (κ3) is 4.07. The van der Waals surface area contributed by atoms with Gasteiger partial charge >= 0.3 is 0 Å². The van der Waals surface area contributed by atoms with Crippen LogP contribution in [0.15, 0.2) is 42.5 Å². The predicted molar refractivity (Wildman–Crippen MR) is 108 cm³/mol. The number of ether oxygens (including phenoxy) is 3. The number of carbonyl (C=O) groups is 1. The van der Waals surface area contributed by atoms with Crippen LogP contribution in [0.4, 0.5) is 0 Å². The van der Waals surface area contributed by atoms with E-state index in [1.54, 1.807) is 42.5 Å². The van der Waals surface area contributed by atoms with E-state index in [1.807, 2.05) is 0 Å². The van der Waals surface area contributed by atoms with Gasteiger partial charge in [0, 0.05) is 11.4 Å². The molecule has 1 aromatic heterocycles. The quantitative estimate of drug-likeness (QED) is 0.317. The van der Waals surface area contributed by atoms with Crippen molar-refractivity contribution in [2.75, 3.05) is 19.1 Å². The summed E-state index contributed by atoms with van der Waals surface area (Å²) in [5, 5.41) is 13.4. The molecule has 9 nitrogen and oxygen atoms in total. The molecule has 3 N–H and O–H groups in total. The summed E-state index contributed by atoms with van der Waals surface area (Å²) in [5.41, 5.74) is 5.65. The van der Waals surface area contributed by atoms with E-state index < -0.39 is 5.72 Å². The number of unbranched alkanes of at least 4 members (excludes halogenated alkanes) is 1. The zero-order valence-corrected chi connectivity index (χ0v) is 16.8. The highest BCUT2D eigenvalue weighted by atomic mass is 35.5. The van der Waals surface area contributed by atoms with Gasteiger partial charge in [0.25, 0.3) is 5.72 Å². The van der Waals surface area contributed by atoms with Crippen molar-refractivity contribution >= 4 is 17.4 Å². The molecule has 0 saturated heterocycles. The van der Waals surface area contributed by atoms with Crippen LogP contribution in [0.1, 0.15) is 34.6 Å². The Morgan fingerprint density at radius 3 is 2.80 bits per heavy atom. The van der Waals surface area contributed by atoms with E-state index in [-0.39, 0.29) is 24.0 Å². The molecule has 2 heterocycles. The number of carbonyl (C=O) groups excluding carboxylic acids is 1. The molecule has 0 bridgehead atoms. The summed E-state index contributed by atoms with van der Waals surface area (Å²) < 4.78 is 17.3. The first kappa shape index (κ1) is 20.1. The summed E-state index contributed by atoms with van der Waals surface area (Å²) in [4.78, 5) is 13.1. The fourth-order valence-corrected chi connectivity index (χ4v) is 3.20. The molecule has 2 aromatic carbocycles. The second-order valence-corrected chi connectivity index (χ2v) is 7.14. The summed E-state index contributed by atoms with van der Waals surface area (Å²) in [5.74, 6) is 1.94. The lowest BCUT2D eigenvalue weighted by Crippen LogP contribution is -2.51. The maximum absolute atomic E-state index is 13.1. The van der Waals surface area contributed by atoms with E-state index in [4.69, 9.17) is 31.5 Å². The number of hydrogen-bond donors (Lipinski definition) is 2. The fourth-order valence-electron chi connectivity index (χ4n) is 3.01. The number of tetrazole rings is 1. The van der Waals surface area contributed by atoms with Crippen LogP contribution in [-0.4, -0.2) is 45.5 Å². The van der Waals surface area contributed by atoms with Gasteiger partial charge in [-0.25, -0.2) is 5.10 Å². The van der Waals surface area contributed by atoms with Crippen LogP contribution in [0.25, 0.3) is 0 Å². The summed E-state index contributed by atoms with van der Waals surface area (Å²) in [6.45, 7) is 0.566. The number of nitrogens with two attached hydrogens (primary N) is 1. The van der Waals surface area contributed by atoms with Gasteiger partial charge in [0.2, 0.25) is 5.82 Å². The van der Waals surface area contributed by atoms with E-state index in [0.29, 0.717) is 35.1 Å². The van der Waals surface area contributed by atoms with Crippen LogP contribution in [-0.2, 0) is 5.72 Å². The Morgan fingerprint density at radius 2 is 2.07 bits per heavy atom. The molecule has 0 radical (unpaired) electrons. The van der Waals surface area contributed by atoms with E-state index in [0.717, 1.165) is 12.8 Å². The van der Waals surface area contributed by atoms with Gasteiger partial charge in [-0.3, -0.25) is 10.5 Å². The Hall–Kier alpha value is -3.17. The molecule has 0 amide bonds. The third-order valence-electron chi connectivity index (χ3n) is 4.61. The first-order valence-corrected chi connectivity index (χ1v) is 9.95. The molecule has 1 atom stereocenters. The minimum atomic E-state index is -1.44. The van der Waals surface area contributed by atoms with Gasteiger partial charge in [-0.15, -0.1) is 16.7 Å². The van der Waals surface area contributed by atoms with E-state index in [2.05, 4.69) is 20.6 Å². The van der Waals surface area contributed by atoms with Crippen molar-refractivity contribution in [3.63, 3.8) is 0 Å². The minimum Gasteiger partial charge on any atom is -0.494 e. The molecular formula is C20H20ClN5O4. The molecule has 10 heteroatoms. The van der Waals surface area contributed by atoms with Crippen molar-refractivity contribution in [3.8, 4) is 17.2 Å². The Morgan fingerprint density at radius 1 is 1.23 bits per heavy atom. The molecule has 1 aliphatic rings. The molecular weight excluding hydrogens is 410 g/mol. The number of alkyl halides is 1. The van der Waals surface area contributed by atoms with E-state index in [9.17, 15) is 4.79 Å². The second kappa shape index (κ2) is 8.68. The van der Waals surface area contributed by atoms with E-state index in [1.165, 1.54) is 0 Å². The van der Waals surface area contributed by atoms with Crippen LogP contribution in [0.3, 0.4) is 0 Å². The minimum absolute atomic E-state index is 0.00965. The number of aromatic amines is 1. The molecule has 0 fully saturated rings. The number of fused-ring (bicyclic) bond motifs is 1. The molecule has 0 spiro atoms. The number of benzene rings is 2. The number of halogens is 1. The predicted octanol–water partition coefficient (Wildman–Crippen LogP) is 2.41. The Balaban J connectivity index is 1.55. The number of aromatic nitrogens is 4. The summed E-state index contributed by atoms with van der Waals surface area (Å²) in [6.07, 6.45) is 1.77. The highest BCUT2D eigenvalue weighted by Gasteiger charge is 2.41. The third-order valence-corrected chi connectivity index (χ3v) is 4.88. The maximum atomic E-state index is 13.1. The number of nitrogens with one attached hydrogen (secondary N) is 1. The number of ketones is 1. The van der Waals surface area contributed by atoms with Gasteiger partial charge in [-0.1, -0.05) is 6.07 Å². The van der Waals surface area contributed by atoms with Crippen LogP contribution in [0, 0.1) is 0 Å². The topological polar surface area (TPSA) is 125 Å². The van der Waals surface area contributed by atoms with Crippen molar-refractivity contribution in [2.24, 2.45) is 5.73 Å². The fraction of sp³-hybridized carbons (Fsp3) is 0.300. The first-order chi connectivity index (χ1) is 14.6. The largest absolute Gasteiger partial charge is 0.494 e. The van der Waals surface area contributed by atoms with Crippen LogP contribution in [0.2, 0.25) is 0 Å².